The second kappa shape index (κ2) is 5.14. The van der Waals surface area contributed by atoms with E-state index >= 15 is 0 Å². The molecule has 0 bridgehead atoms. The van der Waals surface area contributed by atoms with Gasteiger partial charge in [0.1, 0.15) is 0 Å². The van der Waals surface area contributed by atoms with Gasteiger partial charge in [-0.2, -0.15) is 4.98 Å². The van der Waals surface area contributed by atoms with E-state index in [-0.39, 0.29) is 5.92 Å². The number of nitrogens with zero attached hydrogens (tertiary/aromatic N) is 2. The third kappa shape index (κ3) is 2.55. The van der Waals surface area contributed by atoms with Crippen LogP contribution < -0.4 is 5.32 Å². The summed E-state index contributed by atoms with van der Waals surface area (Å²) in [6.07, 6.45) is 1.59. The lowest BCUT2D eigenvalue weighted by Gasteiger charge is -2.16. The summed E-state index contributed by atoms with van der Waals surface area (Å²) in [5.41, 5.74) is 0. The minimum Gasteiger partial charge on any atom is -0.461 e. The lowest BCUT2D eigenvalue weighted by atomic mass is 10.0. The highest BCUT2D eigenvalue weighted by molar-refractivity contribution is 5.44. The number of nitrogens with one attached hydrogen (secondary N) is 1. The molecule has 92 valence electrons. The van der Waals surface area contributed by atoms with E-state index < -0.39 is 0 Å². The summed E-state index contributed by atoms with van der Waals surface area (Å²) >= 11 is 0. The van der Waals surface area contributed by atoms with Crippen molar-refractivity contribution in [1.29, 1.82) is 0 Å². The van der Waals surface area contributed by atoms with Gasteiger partial charge in [-0.1, -0.05) is 19.0 Å². The van der Waals surface area contributed by atoms with Gasteiger partial charge in [0.15, 0.2) is 5.76 Å². The number of furan rings is 1. The summed E-state index contributed by atoms with van der Waals surface area (Å²) in [7, 11) is 0. The SMILES string of the molecule is CCNC(C)C(C)c1nc(-c2ccco2)no1. The van der Waals surface area contributed by atoms with Crippen LogP contribution in [-0.2, 0) is 0 Å². The van der Waals surface area contributed by atoms with Crippen LogP contribution in [0.5, 0.6) is 0 Å². The molecule has 0 fully saturated rings. The van der Waals surface area contributed by atoms with Crippen molar-refractivity contribution in [3.05, 3.63) is 24.3 Å². The summed E-state index contributed by atoms with van der Waals surface area (Å²) in [4.78, 5) is 4.34. The van der Waals surface area contributed by atoms with Crippen LogP contribution in [0.3, 0.4) is 0 Å². The van der Waals surface area contributed by atoms with Crippen LogP contribution in [0.1, 0.15) is 32.6 Å². The fraction of sp³-hybridized carbons (Fsp3) is 0.500. The third-order valence-corrected chi connectivity index (χ3v) is 2.85. The molecule has 0 amide bonds. The molecule has 2 unspecified atom stereocenters. The molecule has 0 saturated heterocycles. The van der Waals surface area contributed by atoms with E-state index in [1.54, 1.807) is 12.3 Å². The molecule has 17 heavy (non-hydrogen) atoms. The molecule has 0 aliphatic carbocycles. The molecule has 0 aromatic carbocycles. The zero-order valence-electron chi connectivity index (χ0n) is 10.3. The zero-order valence-corrected chi connectivity index (χ0v) is 10.3. The average Bonchev–Trinajstić information content (AvgIpc) is 2.98. The molecule has 0 aliphatic rings. The van der Waals surface area contributed by atoms with Crippen molar-refractivity contribution in [3.63, 3.8) is 0 Å². The van der Waals surface area contributed by atoms with Crippen LogP contribution in [-0.4, -0.2) is 22.7 Å². The second-order valence-electron chi connectivity index (χ2n) is 4.07. The van der Waals surface area contributed by atoms with Crippen LogP contribution >= 0.6 is 0 Å². The van der Waals surface area contributed by atoms with Gasteiger partial charge in [0.25, 0.3) is 0 Å². The van der Waals surface area contributed by atoms with Crippen molar-refractivity contribution in [2.24, 2.45) is 0 Å². The minimum atomic E-state index is 0.172. The fourth-order valence-corrected chi connectivity index (χ4v) is 1.64. The molecule has 1 N–H and O–H groups in total. The van der Waals surface area contributed by atoms with Gasteiger partial charge in [0.05, 0.1) is 12.2 Å². The van der Waals surface area contributed by atoms with Gasteiger partial charge >= 0.3 is 0 Å². The van der Waals surface area contributed by atoms with Crippen LogP contribution in [0.2, 0.25) is 0 Å². The molecule has 0 spiro atoms. The van der Waals surface area contributed by atoms with Gasteiger partial charge in [-0.3, -0.25) is 0 Å². The monoisotopic (exact) mass is 235 g/mol. The van der Waals surface area contributed by atoms with Crippen molar-refractivity contribution in [2.45, 2.75) is 32.7 Å². The molecule has 5 heteroatoms. The molecule has 0 saturated carbocycles. The van der Waals surface area contributed by atoms with E-state index in [0.717, 1.165) is 6.54 Å². The third-order valence-electron chi connectivity index (χ3n) is 2.85. The lowest BCUT2D eigenvalue weighted by Crippen LogP contribution is -2.30. The Hall–Kier alpha value is -1.62. The maximum absolute atomic E-state index is 5.26. The number of hydrogen-bond acceptors (Lipinski definition) is 5. The van der Waals surface area contributed by atoms with Crippen molar-refractivity contribution in [2.75, 3.05) is 6.54 Å². The molecular formula is C12H17N3O2. The molecule has 2 heterocycles. The molecule has 2 atom stereocenters. The number of likely N-dealkylation sites (N-methyl/N-ethyl adjacent to an activating group) is 1. The minimum absolute atomic E-state index is 0.172. The highest BCUT2D eigenvalue weighted by atomic mass is 16.5. The Morgan fingerprint density at radius 1 is 1.41 bits per heavy atom. The Morgan fingerprint density at radius 2 is 2.24 bits per heavy atom. The summed E-state index contributed by atoms with van der Waals surface area (Å²) in [6, 6.07) is 3.91. The van der Waals surface area contributed by atoms with Crippen molar-refractivity contribution in [1.82, 2.24) is 15.5 Å². The predicted octanol–water partition coefficient (Wildman–Crippen LogP) is 2.43. The van der Waals surface area contributed by atoms with Gasteiger partial charge in [0.2, 0.25) is 11.7 Å². The highest BCUT2D eigenvalue weighted by Gasteiger charge is 2.21. The van der Waals surface area contributed by atoms with Crippen molar-refractivity contribution < 1.29 is 8.94 Å². The van der Waals surface area contributed by atoms with E-state index in [0.29, 0.717) is 23.5 Å². The van der Waals surface area contributed by atoms with Gasteiger partial charge in [-0.15, -0.1) is 0 Å². The van der Waals surface area contributed by atoms with Gasteiger partial charge < -0.3 is 14.3 Å². The first-order valence-corrected chi connectivity index (χ1v) is 5.83. The summed E-state index contributed by atoms with van der Waals surface area (Å²) in [5.74, 6) is 1.93. The lowest BCUT2D eigenvalue weighted by molar-refractivity contribution is 0.332. The first-order valence-electron chi connectivity index (χ1n) is 5.83. The molecule has 2 rings (SSSR count). The summed E-state index contributed by atoms with van der Waals surface area (Å²) in [5, 5.41) is 7.25. The van der Waals surface area contributed by atoms with E-state index in [4.69, 9.17) is 8.94 Å². The zero-order chi connectivity index (χ0) is 12.3. The van der Waals surface area contributed by atoms with Crippen molar-refractivity contribution >= 4 is 0 Å². The van der Waals surface area contributed by atoms with E-state index in [1.165, 1.54) is 0 Å². The van der Waals surface area contributed by atoms with Crippen LogP contribution in [0.25, 0.3) is 11.6 Å². The maximum atomic E-state index is 5.26. The average molecular weight is 235 g/mol. The Bertz CT molecular complexity index is 450. The molecule has 0 radical (unpaired) electrons. The molecule has 2 aromatic rings. The second-order valence-corrected chi connectivity index (χ2v) is 4.07. The van der Waals surface area contributed by atoms with Crippen molar-refractivity contribution in [3.8, 4) is 11.6 Å². The Kier molecular flexibility index (Phi) is 3.58. The Labute approximate surface area is 100 Å². The van der Waals surface area contributed by atoms with E-state index in [2.05, 4.69) is 36.2 Å². The standard InChI is InChI=1S/C12H17N3O2/c1-4-13-9(3)8(2)12-14-11(15-17-12)10-6-5-7-16-10/h5-9,13H,4H2,1-3H3. The van der Waals surface area contributed by atoms with Gasteiger partial charge in [0, 0.05) is 6.04 Å². The summed E-state index contributed by atoms with van der Waals surface area (Å²) in [6.45, 7) is 7.16. The van der Waals surface area contributed by atoms with Crippen LogP contribution in [0.4, 0.5) is 0 Å². The van der Waals surface area contributed by atoms with Gasteiger partial charge in [-0.25, -0.2) is 0 Å². The Balaban J connectivity index is 2.13. The largest absolute Gasteiger partial charge is 0.461 e. The van der Waals surface area contributed by atoms with E-state index in [1.807, 2.05) is 6.07 Å². The number of rotatable bonds is 5. The number of hydrogen-bond donors (Lipinski definition) is 1. The molecule has 2 aromatic heterocycles. The number of aromatic nitrogens is 2. The molecule has 5 nitrogen and oxygen atoms in total. The van der Waals surface area contributed by atoms with E-state index in [9.17, 15) is 0 Å². The Morgan fingerprint density at radius 3 is 2.88 bits per heavy atom. The first-order chi connectivity index (χ1) is 8.22. The smallest absolute Gasteiger partial charge is 0.238 e. The normalized spacial score (nSPS) is 14.8. The summed E-state index contributed by atoms with van der Waals surface area (Å²) < 4.78 is 10.5. The van der Waals surface area contributed by atoms with Crippen LogP contribution in [0.15, 0.2) is 27.3 Å². The first kappa shape index (κ1) is 11.9. The van der Waals surface area contributed by atoms with Crippen LogP contribution in [0, 0.1) is 0 Å². The van der Waals surface area contributed by atoms with Gasteiger partial charge in [-0.05, 0) is 25.6 Å². The topological polar surface area (TPSA) is 64.1 Å². The molecule has 0 aliphatic heterocycles. The quantitative estimate of drug-likeness (QED) is 0.862. The fourth-order valence-electron chi connectivity index (χ4n) is 1.64. The molecular weight excluding hydrogens is 218 g/mol. The predicted molar refractivity (Wildman–Crippen MR) is 63.6 cm³/mol. The maximum Gasteiger partial charge on any atom is 0.238 e. The highest BCUT2D eigenvalue weighted by Crippen LogP contribution is 2.21.